The number of nitrogens with two attached hydrogens (primary N) is 1. The lowest BCUT2D eigenvalue weighted by Crippen LogP contribution is -2.22. The van der Waals surface area contributed by atoms with Crippen LogP contribution in [-0.4, -0.2) is 25.4 Å². The Bertz CT molecular complexity index is 725. The Morgan fingerprint density at radius 2 is 2.24 bits per heavy atom. The highest BCUT2D eigenvalue weighted by atomic mass is 32.2. The van der Waals surface area contributed by atoms with Crippen LogP contribution in [0, 0.1) is 0 Å². The van der Waals surface area contributed by atoms with Crippen molar-refractivity contribution < 1.29 is 0 Å². The fourth-order valence-corrected chi connectivity index (χ4v) is 2.99. The van der Waals surface area contributed by atoms with Gasteiger partial charge < -0.3 is 10.1 Å². The molecule has 0 aliphatic heterocycles. The molecule has 3 aromatic heterocycles. The topological polar surface area (TPSA) is 69.1 Å². The number of hydrogen-bond acceptors (Lipinski definition) is 5. The zero-order valence-electron chi connectivity index (χ0n) is 11.8. The first-order valence-corrected chi connectivity index (χ1v) is 7.75. The van der Waals surface area contributed by atoms with Crippen LogP contribution in [0.15, 0.2) is 53.0 Å². The van der Waals surface area contributed by atoms with Crippen molar-refractivity contribution in [3.63, 3.8) is 0 Å². The zero-order chi connectivity index (χ0) is 14.7. The third-order valence-electron chi connectivity index (χ3n) is 3.31. The number of pyridine rings is 1. The van der Waals surface area contributed by atoms with E-state index in [2.05, 4.69) is 21.3 Å². The molecular weight excluding hydrogens is 282 g/mol. The van der Waals surface area contributed by atoms with Crippen LogP contribution in [0.25, 0.3) is 5.65 Å². The van der Waals surface area contributed by atoms with Crippen LogP contribution in [0.5, 0.6) is 0 Å². The number of imidazole rings is 1. The second kappa shape index (κ2) is 6.24. The van der Waals surface area contributed by atoms with Crippen LogP contribution in [0.2, 0.25) is 0 Å². The minimum atomic E-state index is 0.131. The first-order valence-electron chi connectivity index (χ1n) is 6.93. The van der Waals surface area contributed by atoms with Crippen molar-refractivity contribution in [2.24, 2.45) is 5.73 Å². The standard InChI is InChI=1S/C15H17N5S/c1-2-11(16)9-12-15(21-14-10-17-6-7-18-14)19-13-5-3-4-8-20(12)13/h3-8,10-11H,2,9,16H2,1H3. The molecule has 0 aromatic carbocycles. The fourth-order valence-electron chi connectivity index (χ4n) is 2.12. The van der Waals surface area contributed by atoms with Gasteiger partial charge in [0, 0.05) is 31.1 Å². The van der Waals surface area contributed by atoms with E-state index in [1.807, 2.05) is 24.4 Å². The number of rotatable bonds is 5. The molecular formula is C15H17N5S. The summed E-state index contributed by atoms with van der Waals surface area (Å²) >= 11 is 1.53. The lowest BCUT2D eigenvalue weighted by atomic mass is 10.1. The smallest absolute Gasteiger partial charge is 0.138 e. The molecule has 0 saturated heterocycles. The molecule has 3 aromatic rings. The highest BCUT2D eigenvalue weighted by Gasteiger charge is 2.16. The molecule has 3 heterocycles. The van der Waals surface area contributed by atoms with Gasteiger partial charge >= 0.3 is 0 Å². The van der Waals surface area contributed by atoms with Gasteiger partial charge in [0.1, 0.15) is 15.7 Å². The zero-order valence-corrected chi connectivity index (χ0v) is 12.6. The van der Waals surface area contributed by atoms with Crippen molar-refractivity contribution in [1.29, 1.82) is 0 Å². The summed E-state index contributed by atoms with van der Waals surface area (Å²) in [6.45, 7) is 2.10. The molecule has 0 saturated carbocycles. The lowest BCUT2D eigenvalue weighted by Gasteiger charge is -2.10. The molecule has 0 radical (unpaired) electrons. The molecule has 0 fully saturated rings. The van der Waals surface area contributed by atoms with Gasteiger partial charge in [-0.1, -0.05) is 13.0 Å². The molecule has 2 N–H and O–H groups in total. The predicted octanol–water partition coefficient (Wildman–Crippen LogP) is 2.56. The predicted molar refractivity (Wildman–Crippen MR) is 83.3 cm³/mol. The maximum atomic E-state index is 6.14. The number of aromatic nitrogens is 4. The minimum absolute atomic E-state index is 0.131. The third kappa shape index (κ3) is 3.06. The van der Waals surface area contributed by atoms with E-state index in [1.165, 1.54) is 11.8 Å². The van der Waals surface area contributed by atoms with E-state index in [0.717, 1.165) is 34.2 Å². The average Bonchev–Trinajstić information content (AvgIpc) is 2.86. The summed E-state index contributed by atoms with van der Waals surface area (Å²) in [7, 11) is 0. The van der Waals surface area contributed by atoms with E-state index in [0.29, 0.717) is 0 Å². The highest BCUT2D eigenvalue weighted by molar-refractivity contribution is 7.99. The largest absolute Gasteiger partial charge is 0.327 e. The third-order valence-corrected chi connectivity index (χ3v) is 4.25. The van der Waals surface area contributed by atoms with Gasteiger partial charge in [-0.05, 0) is 30.3 Å². The first-order chi connectivity index (χ1) is 10.3. The molecule has 0 amide bonds. The Hall–Kier alpha value is -1.92. The van der Waals surface area contributed by atoms with Crippen molar-refractivity contribution in [3.05, 3.63) is 48.7 Å². The minimum Gasteiger partial charge on any atom is -0.327 e. The lowest BCUT2D eigenvalue weighted by molar-refractivity contribution is 0.627. The Balaban J connectivity index is 2.02. The van der Waals surface area contributed by atoms with E-state index in [-0.39, 0.29) is 6.04 Å². The molecule has 21 heavy (non-hydrogen) atoms. The number of nitrogens with zero attached hydrogens (tertiary/aromatic N) is 4. The van der Waals surface area contributed by atoms with Gasteiger partial charge in [0.05, 0.1) is 11.9 Å². The second-order valence-electron chi connectivity index (χ2n) is 4.81. The van der Waals surface area contributed by atoms with E-state index >= 15 is 0 Å². The molecule has 5 nitrogen and oxygen atoms in total. The summed E-state index contributed by atoms with van der Waals surface area (Å²) in [5.41, 5.74) is 8.21. The second-order valence-corrected chi connectivity index (χ2v) is 5.82. The average molecular weight is 299 g/mol. The highest BCUT2D eigenvalue weighted by Crippen LogP contribution is 2.29. The Labute approximate surface area is 127 Å². The molecule has 0 aliphatic carbocycles. The van der Waals surface area contributed by atoms with Gasteiger partial charge in [0.2, 0.25) is 0 Å². The molecule has 0 aliphatic rings. The quantitative estimate of drug-likeness (QED) is 0.784. The van der Waals surface area contributed by atoms with Crippen LogP contribution in [-0.2, 0) is 6.42 Å². The van der Waals surface area contributed by atoms with Gasteiger partial charge in [-0.15, -0.1) is 0 Å². The number of fused-ring (bicyclic) bond motifs is 1. The van der Waals surface area contributed by atoms with Gasteiger partial charge in [-0.2, -0.15) is 0 Å². The molecule has 6 heteroatoms. The van der Waals surface area contributed by atoms with Crippen molar-refractivity contribution in [1.82, 2.24) is 19.4 Å². The maximum Gasteiger partial charge on any atom is 0.138 e. The summed E-state index contributed by atoms with van der Waals surface area (Å²) in [5.74, 6) is 0. The Kier molecular flexibility index (Phi) is 4.17. The Morgan fingerprint density at radius 3 is 3.00 bits per heavy atom. The molecule has 0 spiro atoms. The van der Waals surface area contributed by atoms with Gasteiger partial charge in [-0.25, -0.2) is 9.97 Å². The SMILES string of the molecule is CCC(N)Cc1c(Sc2cnccn2)nc2ccccn12. The van der Waals surface area contributed by atoms with E-state index < -0.39 is 0 Å². The molecule has 1 unspecified atom stereocenters. The van der Waals surface area contributed by atoms with Crippen molar-refractivity contribution in [2.45, 2.75) is 35.9 Å². The monoisotopic (exact) mass is 299 g/mol. The summed E-state index contributed by atoms with van der Waals surface area (Å²) < 4.78 is 2.11. The Morgan fingerprint density at radius 1 is 1.33 bits per heavy atom. The molecule has 1 atom stereocenters. The van der Waals surface area contributed by atoms with Crippen LogP contribution in [0.4, 0.5) is 0 Å². The fraction of sp³-hybridized carbons (Fsp3) is 0.267. The van der Waals surface area contributed by atoms with E-state index in [9.17, 15) is 0 Å². The summed E-state index contributed by atoms with van der Waals surface area (Å²) in [4.78, 5) is 13.1. The molecule has 108 valence electrons. The molecule has 3 rings (SSSR count). The van der Waals surface area contributed by atoms with Gasteiger partial charge in [0.15, 0.2) is 0 Å². The van der Waals surface area contributed by atoms with Crippen LogP contribution >= 0.6 is 11.8 Å². The van der Waals surface area contributed by atoms with E-state index in [1.54, 1.807) is 18.6 Å². The summed E-state index contributed by atoms with van der Waals surface area (Å²) in [6, 6.07) is 6.13. The van der Waals surface area contributed by atoms with Gasteiger partial charge in [0.25, 0.3) is 0 Å². The molecule has 0 bridgehead atoms. The van der Waals surface area contributed by atoms with Crippen molar-refractivity contribution >= 4 is 17.4 Å². The maximum absolute atomic E-state index is 6.14. The van der Waals surface area contributed by atoms with Crippen molar-refractivity contribution in [2.75, 3.05) is 0 Å². The summed E-state index contributed by atoms with van der Waals surface area (Å²) in [5, 5.41) is 1.79. The van der Waals surface area contributed by atoms with Crippen LogP contribution < -0.4 is 5.73 Å². The van der Waals surface area contributed by atoms with Crippen LogP contribution in [0.1, 0.15) is 19.0 Å². The van der Waals surface area contributed by atoms with Crippen molar-refractivity contribution in [3.8, 4) is 0 Å². The normalized spacial score (nSPS) is 12.7. The number of hydrogen-bond donors (Lipinski definition) is 1. The summed E-state index contributed by atoms with van der Waals surface area (Å²) in [6.07, 6.45) is 8.87. The first kappa shape index (κ1) is 14.0. The van der Waals surface area contributed by atoms with E-state index in [4.69, 9.17) is 10.7 Å². The van der Waals surface area contributed by atoms with Gasteiger partial charge in [-0.3, -0.25) is 4.98 Å². The van der Waals surface area contributed by atoms with Crippen LogP contribution in [0.3, 0.4) is 0 Å².